The summed E-state index contributed by atoms with van der Waals surface area (Å²) >= 11 is 0. The number of ether oxygens (including phenoxy) is 1. The molecule has 1 saturated carbocycles. The second-order valence-corrected chi connectivity index (χ2v) is 9.81. The van der Waals surface area contributed by atoms with E-state index in [1.54, 1.807) is 24.4 Å². The summed E-state index contributed by atoms with van der Waals surface area (Å²) in [7, 11) is 0. The van der Waals surface area contributed by atoms with E-state index in [1.165, 1.54) is 0 Å². The van der Waals surface area contributed by atoms with Crippen LogP contribution in [0.15, 0.2) is 54.7 Å². The Hall–Kier alpha value is -4.38. The quantitative estimate of drug-likeness (QED) is 0.287. The number of nitrogens with one attached hydrogen (secondary N) is 4. The number of carbonyl (C=O) groups excluding carboxylic acids is 4. The van der Waals surface area contributed by atoms with E-state index in [9.17, 15) is 19.2 Å². The molecule has 202 valence electrons. The number of pyridine rings is 1. The number of aromatic amines is 1. The second-order valence-electron chi connectivity index (χ2n) is 9.81. The van der Waals surface area contributed by atoms with Gasteiger partial charge in [0.1, 0.15) is 11.6 Å². The van der Waals surface area contributed by atoms with Crippen LogP contribution in [0.4, 0.5) is 0 Å². The summed E-state index contributed by atoms with van der Waals surface area (Å²) in [6, 6.07) is 13.3. The molecule has 1 aliphatic carbocycles. The van der Waals surface area contributed by atoms with Crippen LogP contribution in [0.3, 0.4) is 0 Å². The van der Waals surface area contributed by atoms with Gasteiger partial charge in [0.15, 0.2) is 5.69 Å². The van der Waals surface area contributed by atoms with Gasteiger partial charge in [-0.3, -0.25) is 29.3 Å². The summed E-state index contributed by atoms with van der Waals surface area (Å²) in [6.07, 6.45) is 3.90. The van der Waals surface area contributed by atoms with Crippen LogP contribution in [0.25, 0.3) is 0 Å². The zero-order chi connectivity index (χ0) is 27.2. The standard InChI is InChI=1S/C28H30N6O5/c35-24(26(37)30-16-19-9-4-5-13-29-19)22(15-18-7-2-1-3-8-18)31-27(38)28(11-6-12-28)32-25(36)23-20-17-39-14-10-21(20)33-34-23/h1-5,7-9,13,22H,6,10-12,14-17H2,(H,30,37)(H,31,38)(H,32,36)(H,33,34)/t22-/m1/s1. The first-order valence-corrected chi connectivity index (χ1v) is 13.0. The molecular weight excluding hydrogens is 500 g/mol. The van der Waals surface area contributed by atoms with Gasteiger partial charge in [-0.25, -0.2) is 0 Å². The number of hydrogen-bond acceptors (Lipinski definition) is 7. The number of Topliss-reactive ketones (excluding diaryl/α,β-unsaturated/α-hetero) is 1. The normalized spacial score (nSPS) is 16.2. The molecule has 4 N–H and O–H groups in total. The van der Waals surface area contributed by atoms with E-state index in [-0.39, 0.29) is 25.3 Å². The van der Waals surface area contributed by atoms with Crippen molar-refractivity contribution in [2.24, 2.45) is 0 Å². The van der Waals surface area contributed by atoms with E-state index in [0.717, 1.165) is 17.7 Å². The lowest BCUT2D eigenvalue weighted by molar-refractivity contribution is -0.141. The van der Waals surface area contributed by atoms with E-state index in [0.29, 0.717) is 37.1 Å². The van der Waals surface area contributed by atoms with Crippen LogP contribution in [0.2, 0.25) is 0 Å². The maximum Gasteiger partial charge on any atom is 0.289 e. The van der Waals surface area contributed by atoms with Crippen molar-refractivity contribution in [1.29, 1.82) is 0 Å². The van der Waals surface area contributed by atoms with E-state index < -0.39 is 35.1 Å². The Morgan fingerprint density at radius 1 is 1.05 bits per heavy atom. The van der Waals surface area contributed by atoms with Gasteiger partial charge in [0, 0.05) is 30.3 Å². The lowest BCUT2D eigenvalue weighted by Crippen LogP contribution is -2.65. The summed E-state index contributed by atoms with van der Waals surface area (Å²) in [5.74, 6) is -2.58. The molecule has 2 aliphatic rings. The van der Waals surface area contributed by atoms with E-state index >= 15 is 0 Å². The Labute approximate surface area is 225 Å². The number of rotatable bonds is 10. The molecule has 39 heavy (non-hydrogen) atoms. The summed E-state index contributed by atoms with van der Waals surface area (Å²) in [6.45, 7) is 0.902. The zero-order valence-electron chi connectivity index (χ0n) is 21.4. The van der Waals surface area contributed by atoms with Crippen LogP contribution in [0.5, 0.6) is 0 Å². The molecule has 5 rings (SSSR count). The first kappa shape index (κ1) is 26.2. The summed E-state index contributed by atoms with van der Waals surface area (Å²) in [5, 5.41) is 15.2. The highest BCUT2D eigenvalue weighted by Crippen LogP contribution is 2.33. The average Bonchev–Trinajstić information content (AvgIpc) is 3.38. The van der Waals surface area contributed by atoms with Crippen molar-refractivity contribution >= 4 is 23.5 Å². The van der Waals surface area contributed by atoms with Gasteiger partial charge in [-0.2, -0.15) is 5.10 Å². The molecule has 0 bridgehead atoms. The summed E-state index contributed by atoms with van der Waals surface area (Å²) in [5.41, 5.74) is 1.93. The van der Waals surface area contributed by atoms with E-state index in [1.807, 2.05) is 30.3 Å². The van der Waals surface area contributed by atoms with Crippen LogP contribution >= 0.6 is 0 Å². The predicted molar refractivity (Wildman–Crippen MR) is 139 cm³/mol. The number of ketones is 1. The molecule has 0 radical (unpaired) electrons. The first-order chi connectivity index (χ1) is 18.9. The molecule has 3 heterocycles. The van der Waals surface area contributed by atoms with Crippen molar-refractivity contribution in [3.63, 3.8) is 0 Å². The van der Waals surface area contributed by atoms with Crippen molar-refractivity contribution in [3.05, 3.63) is 82.9 Å². The number of amides is 3. The fourth-order valence-corrected chi connectivity index (χ4v) is 4.79. The molecule has 11 nitrogen and oxygen atoms in total. The smallest absolute Gasteiger partial charge is 0.289 e. The van der Waals surface area contributed by atoms with Gasteiger partial charge in [-0.05, 0) is 37.0 Å². The summed E-state index contributed by atoms with van der Waals surface area (Å²) in [4.78, 5) is 56.9. The van der Waals surface area contributed by atoms with Crippen LogP contribution in [0.1, 0.15) is 52.3 Å². The second kappa shape index (κ2) is 11.6. The molecule has 2 aromatic heterocycles. The van der Waals surface area contributed by atoms with Crippen molar-refractivity contribution in [3.8, 4) is 0 Å². The number of H-pyrrole nitrogens is 1. The third kappa shape index (κ3) is 5.88. The molecular formula is C28H30N6O5. The maximum atomic E-state index is 13.6. The molecule has 1 aromatic carbocycles. The molecule has 3 aromatic rings. The predicted octanol–water partition coefficient (Wildman–Crippen LogP) is 1.14. The Bertz CT molecular complexity index is 1350. The van der Waals surface area contributed by atoms with Crippen molar-refractivity contribution in [2.75, 3.05) is 6.61 Å². The highest BCUT2D eigenvalue weighted by Gasteiger charge is 2.47. The molecule has 0 unspecified atom stereocenters. The highest BCUT2D eigenvalue weighted by molar-refractivity contribution is 6.38. The number of nitrogens with zero attached hydrogens (tertiary/aromatic N) is 2. The Morgan fingerprint density at radius 2 is 1.85 bits per heavy atom. The third-order valence-corrected chi connectivity index (χ3v) is 7.19. The monoisotopic (exact) mass is 530 g/mol. The highest BCUT2D eigenvalue weighted by atomic mass is 16.5. The SMILES string of the molecule is O=C(NCc1ccccn1)C(=O)[C@@H](Cc1ccccc1)NC(=O)C1(NC(=O)c2n[nH]c3c2COCC3)CCC1. The minimum atomic E-state index is -1.20. The Kier molecular flexibility index (Phi) is 7.78. The largest absolute Gasteiger partial charge is 0.376 e. The first-order valence-electron chi connectivity index (χ1n) is 13.0. The van der Waals surface area contributed by atoms with Crippen molar-refractivity contribution < 1.29 is 23.9 Å². The fourth-order valence-electron chi connectivity index (χ4n) is 4.79. The topological polar surface area (TPSA) is 155 Å². The summed E-state index contributed by atoms with van der Waals surface area (Å²) < 4.78 is 5.47. The molecule has 11 heteroatoms. The van der Waals surface area contributed by atoms with E-state index in [4.69, 9.17) is 4.74 Å². The van der Waals surface area contributed by atoms with Gasteiger partial charge in [0.05, 0.1) is 25.5 Å². The minimum Gasteiger partial charge on any atom is -0.376 e. The van der Waals surface area contributed by atoms with Crippen LogP contribution in [-0.4, -0.2) is 56.9 Å². The molecule has 1 fully saturated rings. The van der Waals surface area contributed by atoms with Gasteiger partial charge in [0.25, 0.3) is 11.8 Å². The van der Waals surface area contributed by atoms with Gasteiger partial charge in [-0.1, -0.05) is 36.4 Å². The Morgan fingerprint density at radius 3 is 2.56 bits per heavy atom. The van der Waals surface area contributed by atoms with Crippen molar-refractivity contribution in [1.82, 2.24) is 31.1 Å². The third-order valence-electron chi connectivity index (χ3n) is 7.19. The minimum absolute atomic E-state index is 0.0785. The zero-order valence-corrected chi connectivity index (χ0v) is 21.4. The molecule has 1 atom stereocenters. The van der Waals surface area contributed by atoms with Gasteiger partial charge in [-0.15, -0.1) is 0 Å². The number of aromatic nitrogens is 3. The molecule has 1 aliphatic heterocycles. The number of carbonyl (C=O) groups is 4. The van der Waals surface area contributed by atoms with Crippen LogP contribution < -0.4 is 16.0 Å². The number of hydrogen-bond donors (Lipinski definition) is 4. The maximum absolute atomic E-state index is 13.6. The number of benzene rings is 1. The van der Waals surface area contributed by atoms with Gasteiger partial charge < -0.3 is 20.7 Å². The Balaban J connectivity index is 1.30. The van der Waals surface area contributed by atoms with E-state index in [2.05, 4.69) is 31.1 Å². The van der Waals surface area contributed by atoms with Crippen LogP contribution in [-0.2, 0) is 45.1 Å². The fraction of sp³-hybridized carbons (Fsp3) is 0.357. The lowest BCUT2D eigenvalue weighted by atomic mass is 9.75. The van der Waals surface area contributed by atoms with Crippen molar-refractivity contribution in [2.45, 2.75) is 56.8 Å². The number of fused-ring (bicyclic) bond motifs is 1. The molecule has 0 saturated heterocycles. The van der Waals surface area contributed by atoms with Crippen LogP contribution in [0, 0.1) is 0 Å². The van der Waals surface area contributed by atoms with Gasteiger partial charge >= 0.3 is 0 Å². The lowest BCUT2D eigenvalue weighted by Gasteiger charge is -2.41. The molecule has 3 amide bonds. The average molecular weight is 531 g/mol. The molecule has 0 spiro atoms. The van der Waals surface area contributed by atoms with Gasteiger partial charge in [0.2, 0.25) is 11.7 Å².